The number of nitrogens with one attached hydrogen (secondary N) is 1. The van der Waals surface area contributed by atoms with E-state index in [1.165, 1.54) is 0 Å². The second-order valence-corrected chi connectivity index (χ2v) is 5.50. The normalized spacial score (nSPS) is 12.6. The average molecular weight is 268 g/mol. The van der Waals surface area contributed by atoms with Crippen LogP contribution in [0.5, 0.6) is 0 Å². The third-order valence-corrected chi connectivity index (χ3v) is 3.64. The van der Waals surface area contributed by atoms with Gasteiger partial charge in [0, 0.05) is 17.3 Å². The molecule has 0 saturated heterocycles. The predicted molar refractivity (Wildman–Crippen MR) is 71.6 cm³/mol. The molecule has 0 saturated carbocycles. The van der Waals surface area contributed by atoms with E-state index in [4.69, 9.17) is 11.6 Å². The van der Waals surface area contributed by atoms with Crippen LogP contribution in [0.15, 0.2) is 24.5 Å². The van der Waals surface area contributed by atoms with E-state index in [0.29, 0.717) is 0 Å². The van der Waals surface area contributed by atoms with E-state index < -0.39 is 0 Å². The lowest BCUT2D eigenvalue weighted by Crippen LogP contribution is -2.23. The number of nitrogens with zero attached hydrogens (tertiary/aromatic N) is 2. The van der Waals surface area contributed by atoms with Crippen molar-refractivity contribution in [2.45, 2.75) is 19.9 Å². The van der Waals surface area contributed by atoms with Gasteiger partial charge in [-0.05, 0) is 31.2 Å². The number of aromatic nitrogens is 2. The number of hydrogen-bond acceptors (Lipinski definition) is 4. The molecule has 1 atom stereocenters. The lowest BCUT2D eigenvalue weighted by molar-refractivity contribution is 0.605. The van der Waals surface area contributed by atoms with Crippen LogP contribution in [0.25, 0.3) is 0 Å². The van der Waals surface area contributed by atoms with Crippen molar-refractivity contribution in [3.8, 4) is 0 Å². The summed E-state index contributed by atoms with van der Waals surface area (Å²) in [4.78, 5) is 9.89. The van der Waals surface area contributed by atoms with Gasteiger partial charge >= 0.3 is 0 Å². The summed E-state index contributed by atoms with van der Waals surface area (Å²) in [5, 5.41) is 3.37. The molecule has 0 aliphatic carbocycles. The first-order chi connectivity index (χ1) is 8.20. The predicted octanol–water partition coefficient (Wildman–Crippen LogP) is 3.20. The highest BCUT2D eigenvalue weighted by Gasteiger charge is 2.17. The molecule has 2 rings (SSSR count). The Hall–Kier alpha value is -0.970. The first-order valence-corrected chi connectivity index (χ1v) is 6.67. The highest BCUT2D eigenvalue weighted by atomic mass is 35.5. The highest BCUT2D eigenvalue weighted by Crippen LogP contribution is 2.29. The van der Waals surface area contributed by atoms with Crippen molar-refractivity contribution in [3.05, 3.63) is 45.1 Å². The quantitative estimate of drug-likeness (QED) is 0.924. The Bertz CT molecular complexity index is 481. The molecule has 0 bridgehead atoms. The fraction of sp³-hybridized carbons (Fsp3) is 0.333. The Labute approximate surface area is 110 Å². The lowest BCUT2D eigenvalue weighted by atomic mass is 10.2. The number of halogens is 1. The molecule has 2 aromatic rings. The van der Waals surface area contributed by atoms with E-state index in [9.17, 15) is 0 Å². The van der Waals surface area contributed by atoms with Crippen molar-refractivity contribution in [1.29, 1.82) is 0 Å². The Balaban J connectivity index is 2.31. The molecule has 1 unspecified atom stereocenters. The van der Waals surface area contributed by atoms with Crippen molar-refractivity contribution in [2.24, 2.45) is 0 Å². The molecule has 90 valence electrons. The second-order valence-electron chi connectivity index (χ2n) is 3.75. The van der Waals surface area contributed by atoms with Gasteiger partial charge in [-0.3, -0.25) is 0 Å². The van der Waals surface area contributed by atoms with Crippen LogP contribution in [-0.4, -0.2) is 16.5 Å². The van der Waals surface area contributed by atoms with Gasteiger partial charge < -0.3 is 5.32 Å². The minimum Gasteiger partial charge on any atom is -0.303 e. The minimum absolute atomic E-state index is 0.0260. The van der Waals surface area contributed by atoms with Crippen LogP contribution in [0.4, 0.5) is 0 Å². The molecule has 0 aliphatic heterocycles. The molecule has 0 aromatic carbocycles. The summed E-state index contributed by atoms with van der Waals surface area (Å²) < 4.78 is 0.787. The third-order valence-electron chi connectivity index (χ3n) is 2.35. The summed E-state index contributed by atoms with van der Waals surface area (Å²) in [5.41, 5.74) is 1.06. The van der Waals surface area contributed by atoms with Crippen LogP contribution in [0.2, 0.25) is 4.34 Å². The van der Waals surface area contributed by atoms with Crippen molar-refractivity contribution >= 4 is 22.9 Å². The Morgan fingerprint density at radius 1 is 1.35 bits per heavy atom. The van der Waals surface area contributed by atoms with E-state index >= 15 is 0 Å². The van der Waals surface area contributed by atoms with Crippen molar-refractivity contribution < 1.29 is 0 Å². The van der Waals surface area contributed by atoms with Gasteiger partial charge in [0.05, 0.1) is 4.34 Å². The topological polar surface area (TPSA) is 37.8 Å². The summed E-state index contributed by atoms with van der Waals surface area (Å²) in [6, 6.07) is 3.95. The fourth-order valence-electron chi connectivity index (χ4n) is 1.56. The van der Waals surface area contributed by atoms with Gasteiger partial charge in [-0.2, -0.15) is 0 Å². The second kappa shape index (κ2) is 5.58. The summed E-state index contributed by atoms with van der Waals surface area (Å²) in [6.45, 7) is 4.90. The zero-order chi connectivity index (χ0) is 12.3. The molecule has 2 heterocycles. The maximum atomic E-state index is 5.97. The number of thiophene rings is 1. The molecule has 0 aliphatic rings. The largest absolute Gasteiger partial charge is 0.303 e. The molecule has 5 heteroatoms. The average Bonchev–Trinajstić information content (AvgIpc) is 2.74. The van der Waals surface area contributed by atoms with Gasteiger partial charge in [0.2, 0.25) is 0 Å². The summed E-state index contributed by atoms with van der Waals surface area (Å²) in [7, 11) is 0. The fourth-order valence-corrected chi connectivity index (χ4v) is 2.69. The monoisotopic (exact) mass is 267 g/mol. The zero-order valence-corrected chi connectivity index (χ0v) is 11.3. The molecule has 0 radical (unpaired) electrons. The van der Waals surface area contributed by atoms with Gasteiger partial charge in [-0.25, -0.2) is 9.97 Å². The Morgan fingerprint density at radius 3 is 2.59 bits per heavy atom. The maximum absolute atomic E-state index is 5.97. The van der Waals surface area contributed by atoms with Gasteiger partial charge in [-0.15, -0.1) is 11.3 Å². The van der Waals surface area contributed by atoms with Crippen molar-refractivity contribution in [2.75, 3.05) is 6.54 Å². The first-order valence-electron chi connectivity index (χ1n) is 5.48. The third kappa shape index (κ3) is 3.03. The smallest absolute Gasteiger partial charge is 0.150 e. The maximum Gasteiger partial charge on any atom is 0.150 e. The van der Waals surface area contributed by atoms with Crippen LogP contribution in [-0.2, 0) is 0 Å². The first kappa shape index (κ1) is 12.5. The molecule has 0 fully saturated rings. The van der Waals surface area contributed by atoms with Gasteiger partial charge in [0.25, 0.3) is 0 Å². The SMILES string of the molecule is CCNC(c1ncc(C)cn1)c1ccc(Cl)s1. The highest BCUT2D eigenvalue weighted by molar-refractivity contribution is 7.16. The number of hydrogen-bond donors (Lipinski definition) is 1. The summed E-state index contributed by atoms with van der Waals surface area (Å²) >= 11 is 7.53. The van der Waals surface area contributed by atoms with Crippen LogP contribution in [0.3, 0.4) is 0 Å². The zero-order valence-electron chi connectivity index (χ0n) is 9.77. The molecule has 3 nitrogen and oxygen atoms in total. The molecular weight excluding hydrogens is 254 g/mol. The van der Waals surface area contributed by atoms with E-state index in [0.717, 1.165) is 27.1 Å². The van der Waals surface area contributed by atoms with Gasteiger partial charge in [0.1, 0.15) is 11.9 Å². The van der Waals surface area contributed by atoms with E-state index in [-0.39, 0.29) is 6.04 Å². The molecular formula is C12H14ClN3S. The number of aryl methyl sites for hydroxylation is 1. The van der Waals surface area contributed by atoms with Gasteiger partial charge in [0.15, 0.2) is 0 Å². The van der Waals surface area contributed by atoms with Crippen LogP contribution in [0, 0.1) is 6.92 Å². The Morgan fingerprint density at radius 2 is 2.06 bits per heavy atom. The van der Waals surface area contributed by atoms with E-state index in [2.05, 4.69) is 22.2 Å². The number of rotatable bonds is 4. The standard InChI is InChI=1S/C12H14ClN3S/c1-3-14-11(9-4-5-10(13)17-9)12-15-6-8(2)7-16-12/h4-7,11,14H,3H2,1-2H3. The van der Waals surface area contributed by atoms with Crippen LogP contribution in [0.1, 0.15) is 29.2 Å². The van der Waals surface area contributed by atoms with Crippen LogP contribution >= 0.6 is 22.9 Å². The molecule has 0 amide bonds. The molecule has 1 N–H and O–H groups in total. The van der Waals surface area contributed by atoms with Crippen molar-refractivity contribution in [1.82, 2.24) is 15.3 Å². The molecule has 17 heavy (non-hydrogen) atoms. The summed E-state index contributed by atoms with van der Waals surface area (Å²) in [5.74, 6) is 0.788. The van der Waals surface area contributed by atoms with E-state index in [1.54, 1.807) is 11.3 Å². The molecule has 0 spiro atoms. The Kier molecular flexibility index (Phi) is 4.10. The van der Waals surface area contributed by atoms with Crippen LogP contribution < -0.4 is 5.32 Å². The lowest BCUT2D eigenvalue weighted by Gasteiger charge is -2.14. The summed E-state index contributed by atoms with van der Waals surface area (Å²) in [6.07, 6.45) is 3.67. The molecule has 2 aromatic heterocycles. The van der Waals surface area contributed by atoms with Gasteiger partial charge in [-0.1, -0.05) is 18.5 Å². The minimum atomic E-state index is 0.0260. The van der Waals surface area contributed by atoms with E-state index in [1.807, 2.05) is 31.5 Å². The van der Waals surface area contributed by atoms with Crippen molar-refractivity contribution in [3.63, 3.8) is 0 Å².